The third-order valence-corrected chi connectivity index (χ3v) is 3.05. The van der Waals surface area contributed by atoms with Crippen LogP contribution < -0.4 is 11.1 Å². The van der Waals surface area contributed by atoms with E-state index >= 15 is 0 Å². The first-order valence-electron chi connectivity index (χ1n) is 6.53. The first-order valence-corrected chi connectivity index (χ1v) is 6.53. The molecule has 0 radical (unpaired) electrons. The minimum atomic E-state index is -0.101. The number of carbonyl (C=O) groups excluding carboxylic acids is 1. The van der Waals surface area contributed by atoms with Crippen molar-refractivity contribution in [1.82, 2.24) is 20.1 Å². The fourth-order valence-electron chi connectivity index (χ4n) is 2.07. The van der Waals surface area contributed by atoms with Crippen LogP contribution >= 0.6 is 0 Å². The number of aryl methyl sites for hydroxylation is 1. The molecule has 1 atom stereocenters. The first kappa shape index (κ1) is 14.0. The van der Waals surface area contributed by atoms with E-state index in [9.17, 15) is 4.79 Å². The van der Waals surface area contributed by atoms with Crippen LogP contribution in [0.3, 0.4) is 0 Å². The number of nitrogens with one attached hydrogen (secondary N) is 1. The fraction of sp³-hybridized carbons (Fsp3) is 0.357. The predicted octanol–water partition coefficient (Wildman–Crippen LogP) is 0.916. The largest absolute Gasteiger partial charge is 0.367 e. The summed E-state index contributed by atoms with van der Waals surface area (Å²) in [5, 5.41) is 6.82. The highest BCUT2D eigenvalue weighted by atomic mass is 16.2. The van der Waals surface area contributed by atoms with Crippen molar-refractivity contribution in [3.8, 4) is 0 Å². The number of nitrogens with two attached hydrogens (primary N) is 1. The average Bonchev–Trinajstić information content (AvgIpc) is 2.77. The molecular formula is C14H19N5O. The molecule has 6 heteroatoms. The van der Waals surface area contributed by atoms with E-state index in [1.807, 2.05) is 19.1 Å². The second kappa shape index (κ2) is 6.18. The quantitative estimate of drug-likeness (QED) is 0.848. The number of aromatic nitrogens is 3. The summed E-state index contributed by atoms with van der Waals surface area (Å²) in [4.78, 5) is 15.6. The van der Waals surface area contributed by atoms with Crippen LogP contribution in [0.15, 0.2) is 30.6 Å². The molecule has 0 aliphatic heterocycles. The number of rotatable bonds is 5. The van der Waals surface area contributed by atoms with Gasteiger partial charge in [0.2, 0.25) is 11.9 Å². The Kier molecular flexibility index (Phi) is 4.34. The summed E-state index contributed by atoms with van der Waals surface area (Å²) in [5.74, 6) is 0.0711. The van der Waals surface area contributed by atoms with Crippen molar-refractivity contribution in [2.45, 2.75) is 32.9 Å². The van der Waals surface area contributed by atoms with E-state index in [1.54, 1.807) is 0 Å². The summed E-state index contributed by atoms with van der Waals surface area (Å²) in [6.45, 7) is 4.18. The Morgan fingerprint density at radius 3 is 2.85 bits per heavy atom. The number of hydrogen-bond acceptors (Lipinski definition) is 4. The molecule has 3 N–H and O–H groups in total. The van der Waals surface area contributed by atoms with Crippen LogP contribution in [0.2, 0.25) is 0 Å². The molecule has 1 aromatic carbocycles. The number of nitrogens with zero attached hydrogens (tertiary/aromatic N) is 3. The monoisotopic (exact) mass is 273 g/mol. The van der Waals surface area contributed by atoms with Gasteiger partial charge in [0.25, 0.3) is 0 Å². The Balaban J connectivity index is 1.86. The molecule has 0 aliphatic carbocycles. The van der Waals surface area contributed by atoms with Crippen molar-refractivity contribution in [3.63, 3.8) is 0 Å². The van der Waals surface area contributed by atoms with E-state index in [0.717, 1.165) is 6.42 Å². The van der Waals surface area contributed by atoms with Crippen molar-refractivity contribution < 1.29 is 4.79 Å². The normalized spacial score (nSPS) is 12.1. The average molecular weight is 273 g/mol. The molecule has 1 heterocycles. The third kappa shape index (κ3) is 3.81. The predicted molar refractivity (Wildman–Crippen MR) is 76.9 cm³/mol. The Morgan fingerprint density at radius 1 is 1.45 bits per heavy atom. The molecular weight excluding hydrogens is 254 g/mol. The van der Waals surface area contributed by atoms with Gasteiger partial charge in [0.15, 0.2) is 0 Å². The number of anilines is 1. The van der Waals surface area contributed by atoms with E-state index in [4.69, 9.17) is 5.73 Å². The van der Waals surface area contributed by atoms with Crippen molar-refractivity contribution in [2.75, 3.05) is 5.73 Å². The number of nitrogen functional groups attached to an aromatic ring is 1. The molecule has 20 heavy (non-hydrogen) atoms. The lowest BCUT2D eigenvalue weighted by molar-refractivity contribution is -0.122. The standard InChI is InChI=1S/C14H19N5O/c1-10-5-3-4-6-12(10)7-11(2)17-13(20)8-19-9-16-14(15)18-19/h3-6,9,11H,7-8H2,1-2H3,(H2,15,18)(H,17,20). The molecule has 6 nitrogen and oxygen atoms in total. The molecule has 0 saturated heterocycles. The van der Waals surface area contributed by atoms with E-state index in [1.165, 1.54) is 22.1 Å². The molecule has 1 unspecified atom stereocenters. The maximum Gasteiger partial charge on any atom is 0.242 e. The maximum absolute atomic E-state index is 11.9. The number of carbonyl (C=O) groups is 1. The van der Waals surface area contributed by atoms with Crippen LogP contribution in [-0.4, -0.2) is 26.7 Å². The van der Waals surface area contributed by atoms with E-state index in [0.29, 0.717) is 0 Å². The minimum Gasteiger partial charge on any atom is -0.367 e. The van der Waals surface area contributed by atoms with Crippen molar-refractivity contribution in [3.05, 3.63) is 41.7 Å². The van der Waals surface area contributed by atoms with Gasteiger partial charge in [0, 0.05) is 6.04 Å². The molecule has 2 rings (SSSR count). The van der Waals surface area contributed by atoms with Gasteiger partial charge in [0.05, 0.1) is 0 Å². The van der Waals surface area contributed by atoms with Gasteiger partial charge in [-0.1, -0.05) is 24.3 Å². The van der Waals surface area contributed by atoms with Crippen molar-refractivity contribution in [1.29, 1.82) is 0 Å². The summed E-state index contributed by atoms with van der Waals surface area (Å²) >= 11 is 0. The Labute approximate surface area is 118 Å². The topological polar surface area (TPSA) is 85.8 Å². The summed E-state index contributed by atoms with van der Waals surface area (Å²) < 4.78 is 1.42. The summed E-state index contributed by atoms with van der Waals surface area (Å²) in [5.41, 5.74) is 7.87. The molecule has 0 aliphatic rings. The number of amides is 1. The lowest BCUT2D eigenvalue weighted by Crippen LogP contribution is -2.36. The van der Waals surface area contributed by atoms with Crippen molar-refractivity contribution >= 4 is 11.9 Å². The van der Waals surface area contributed by atoms with Gasteiger partial charge in [-0.3, -0.25) is 4.79 Å². The van der Waals surface area contributed by atoms with Gasteiger partial charge in [-0.2, -0.15) is 0 Å². The Hall–Kier alpha value is -2.37. The van der Waals surface area contributed by atoms with E-state index in [-0.39, 0.29) is 24.4 Å². The zero-order valence-corrected chi connectivity index (χ0v) is 11.7. The zero-order valence-electron chi connectivity index (χ0n) is 11.7. The highest BCUT2D eigenvalue weighted by molar-refractivity contribution is 5.75. The molecule has 0 spiro atoms. The maximum atomic E-state index is 11.9. The van der Waals surface area contributed by atoms with Gasteiger partial charge >= 0.3 is 0 Å². The van der Waals surface area contributed by atoms with Crippen LogP contribution in [0.4, 0.5) is 5.95 Å². The highest BCUT2D eigenvalue weighted by Crippen LogP contribution is 2.09. The van der Waals surface area contributed by atoms with Crippen LogP contribution in [-0.2, 0) is 17.8 Å². The van der Waals surface area contributed by atoms with Crippen LogP contribution in [0.1, 0.15) is 18.1 Å². The molecule has 1 amide bonds. The molecule has 1 aromatic heterocycles. The van der Waals surface area contributed by atoms with Crippen LogP contribution in [0.5, 0.6) is 0 Å². The second-order valence-electron chi connectivity index (χ2n) is 4.90. The molecule has 106 valence electrons. The highest BCUT2D eigenvalue weighted by Gasteiger charge is 2.10. The summed E-state index contributed by atoms with van der Waals surface area (Å²) in [6.07, 6.45) is 2.25. The van der Waals surface area contributed by atoms with E-state index in [2.05, 4.69) is 34.5 Å². The summed E-state index contributed by atoms with van der Waals surface area (Å²) in [7, 11) is 0. The van der Waals surface area contributed by atoms with Crippen LogP contribution in [0, 0.1) is 6.92 Å². The fourth-order valence-corrected chi connectivity index (χ4v) is 2.07. The molecule has 0 fully saturated rings. The second-order valence-corrected chi connectivity index (χ2v) is 4.90. The van der Waals surface area contributed by atoms with E-state index < -0.39 is 0 Å². The lowest BCUT2D eigenvalue weighted by atomic mass is 10.0. The minimum absolute atomic E-state index is 0.0597. The van der Waals surface area contributed by atoms with Gasteiger partial charge in [0.1, 0.15) is 12.9 Å². The zero-order chi connectivity index (χ0) is 14.5. The lowest BCUT2D eigenvalue weighted by Gasteiger charge is -2.15. The molecule has 0 saturated carbocycles. The molecule has 0 bridgehead atoms. The van der Waals surface area contributed by atoms with Gasteiger partial charge in [-0.25, -0.2) is 9.67 Å². The Morgan fingerprint density at radius 2 is 2.20 bits per heavy atom. The van der Waals surface area contributed by atoms with Gasteiger partial charge < -0.3 is 11.1 Å². The number of hydrogen-bond donors (Lipinski definition) is 2. The van der Waals surface area contributed by atoms with Crippen LogP contribution in [0.25, 0.3) is 0 Å². The third-order valence-electron chi connectivity index (χ3n) is 3.05. The van der Waals surface area contributed by atoms with Gasteiger partial charge in [-0.05, 0) is 31.4 Å². The smallest absolute Gasteiger partial charge is 0.242 e. The first-order chi connectivity index (χ1) is 9.54. The van der Waals surface area contributed by atoms with Gasteiger partial charge in [-0.15, -0.1) is 5.10 Å². The SMILES string of the molecule is Cc1ccccc1CC(C)NC(=O)Cn1cnc(N)n1. The van der Waals surface area contributed by atoms with Crippen molar-refractivity contribution in [2.24, 2.45) is 0 Å². The number of benzene rings is 1. The Bertz CT molecular complexity index is 593. The molecule has 2 aromatic rings. The summed E-state index contributed by atoms with van der Waals surface area (Å²) in [6, 6.07) is 8.23.